The number of benzene rings is 1. The van der Waals surface area contributed by atoms with Crippen LogP contribution in [0.4, 0.5) is 42.1 Å². The van der Waals surface area contributed by atoms with E-state index in [1.54, 1.807) is 0 Å². The minimum atomic E-state index is -6.62. The van der Waals surface area contributed by atoms with Gasteiger partial charge >= 0.3 is 23.9 Å². The Morgan fingerprint density at radius 2 is 1.71 bits per heavy atom. The van der Waals surface area contributed by atoms with Gasteiger partial charge in [0.2, 0.25) is 0 Å². The van der Waals surface area contributed by atoms with E-state index < -0.39 is 35.4 Å². The molecule has 0 aliphatic rings. The molecule has 0 spiro atoms. The van der Waals surface area contributed by atoms with Crippen molar-refractivity contribution in [3.05, 3.63) is 18.2 Å². The minimum absolute atomic E-state index is 0.333. The second-order valence-corrected chi connectivity index (χ2v) is 4.76. The molecule has 1 amide bonds. The number of aromatic hydroxyl groups is 1. The summed E-state index contributed by atoms with van der Waals surface area (Å²) in [6.07, 6.45) is -5.90. The van der Waals surface area contributed by atoms with E-state index in [1.807, 2.05) is 6.92 Å². The molecule has 0 heterocycles. The Hall–Kier alpha value is -2.20. The normalized spacial score (nSPS) is 12.8. The highest BCUT2D eigenvalue weighted by molar-refractivity contribution is 5.98. The molecule has 4 nitrogen and oxygen atoms in total. The van der Waals surface area contributed by atoms with Crippen molar-refractivity contribution in [2.24, 2.45) is 0 Å². The molecule has 0 unspecified atom stereocenters. The number of phenols is 1. The van der Waals surface area contributed by atoms with Crippen LogP contribution in [0.15, 0.2) is 18.2 Å². The van der Waals surface area contributed by atoms with Crippen molar-refractivity contribution in [2.75, 3.05) is 17.2 Å². The van der Waals surface area contributed by atoms with Crippen LogP contribution in [0.5, 0.6) is 5.75 Å². The molecular weight excluding hydrogens is 349 g/mol. The highest BCUT2D eigenvalue weighted by atomic mass is 19.4. The number of alkyl halides is 7. The zero-order valence-corrected chi connectivity index (χ0v) is 12.1. The van der Waals surface area contributed by atoms with Gasteiger partial charge in [0, 0.05) is 18.3 Å². The van der Waals surface area contributed by atoms with Gasteiger partial charge in [-0.3, -0.25) is 4.79 Å². The number of hydrogen-bond donors (Lipinski definition) is 3. The van der Waals surface area contributed by atoms with Crippen molar-refractivity contribution >= 4 is 17.3 Å². The van der Waals surface area contributed by atoms with Gasteiger partial charge in [-0.1, -0.05) is 6.92 Å². The Morgan fingerprint density at radius 3 is 2.17 bits per heavy atom. The molecule has 0 radical (unpaired) electrons. The molecule has 0 atom stereocenters. The van der Waals surface area contributed by atoms with E-state index in [9.17, 15) is 40.6 Å². The molecule has 0 aromatic heterocycles. The van der Waals surface area contributed by atoms with Gasteiger partial charge in [-0.15, -0.1) is 0 Å². The van der Waals surface area contributed by atoms with Crippen LogP contribution in [0.2, 0.25) is 0 Å². The van der Waals surface area contributed by atoms with Crippen molar-refractivity contribution in [1.82, 2.24) is 0 Å². The molecule has 0 aliphatic heterocycles. The van der Waals surface area contributed by atoms with Crippen LogP contribution in [0.1, 0.15) is 13.3 Å². The predicted octanol–water partition coefficient (Wildman–Crippen LogP) is 3.99. The van der Waals surface area contributed by atoms with Gasteiger partial charge in [0.25, 0.3) is 0 Å². The molecule has 1 aromatic rings. The van der Waals surface area contributed by atoms with Gasteiger partial charge in [-0.25, -0.2) is 0 Å². The summed E-state index contributed by atoms with van der Waals surface area (Å²) in [6.45, 7) is 2.34. The van der Waals surface area contributed by atoms with Crippen molar-refractivity contribution in [3.8, 4) is 5.75 Å². The fourth-order valence-electron chi connectivity index (χ4n) is 1.54. The molecule has 0 saturated heterocycles. The number of phenolic OH excluding ortho intramolecular Hbond substituents is 1. The fourth-order valence-corrected chi connectivity index (χ4v) is 1.54. The molecule has 1 aromatic carbocycles. The summed E-state index contributed by atoms with van der Waals surface area (Å²) in [5.41, 5.74) is -0.403. The predicted molar refractivity (Wildman–Crippen MR) is 71.5 cm³/mol. The Kier molecular flexibility index (Phi) is 5.57. The largest absolute Gasteiger partial charge is 0.506 e. The first-order valence-corrected chi connectivity index (χ1v) is 6.55. The SMILES string of the molecule is CCCNc1ccc(NC(=O)C(F)(F)C(F)(F)C(F)(F)F)c(O)c1. The number of carbonyl (C=O) groups is 1. The Morgan fingerprint density at radius 1 is 1.12 bits per heavy atom. The summed E-state index contributed by atoms with van der Waals surface area (Å²) >= 11 is 0. The molecule has 0 fully saturated rings. The smallest absolute Gasteiger partial charge is 0.460 e. The topological polar surface area (TPSA) is 61.4 Å². The Labute approximate surface area is 131 Å². The maximum absolute atomic E-state index is 13.2. The highest BCUT2D eigenvalue weighted by Crippen LogP contribution is 2.47. The van der Waals surface area contributed by atoms with Gasteiger partial charge in [-0.05, 0) is 18.6 Å². The number of amides is 1. The van der Waals surface area contributed by atoms with Gasteiger partial charge in [0.05, 0.1) is 5.69 Å². The average Bonchev–Trinajstić information content (AvgIpc) is 2.46. The van der Waals surface area contributed by atoms with E-state index >= 15 is 0 Å². The second kappa shape index (κ2) is 6.73. The molecule has 24 heavy (non-hydrogen) atoms. The molecule has 1 rings (SSSR count). The fraction of sp³-hybridized carbons (Fsp3) is 0.462. The van der Waals surface area contributed by atoms with Crippen LogP contribution in [0.25, 0.3) is 0 Å². The van der Waals surface area contributed by atoms with Crippen LogP contribution in [0, 0.1) is 0 Å². The van der Waals surface area contributed by atoms with Crippen LogP contribution in [-0.4, -0.2) is 35.6 Å². The first-order valence-electron chi connectivity index (χ1n) is 6.55. The molecule has 0 saturated carbocycles. The van der Waals surface area contributed by atoms with Crippen molar-refractivity contribution < 1.29 is 40.6 Å². The van der Waals surface area contributed by atoms with Gasteiger partial charge in [0.15, 0.2) is 0 Å². The van der Waals surface area contributed by atoms with Crippen molar-refractivity contribution in [1.29, 1.82) is 0 Å². The summed E-state index contributed by atoms with van der Waals surface area (Å²) in [6, 6.07) is 3.09. The number of rotatable bonds is 6. The van der Waals surface area contributed by atoms with E-state index in [0.717, 1.165) is 18.6 Å². The third kappa shape index (κ3) is 3.82. The number of halogens is 7. The van der Waals surface area contributed by atoms with Crippen molar-refractivity contribution in [2.45, 2.75) is 31.4 Å². The van der Waals surface area contributed by atoms with Crippen LogP contribution in [0.3, 0.4) is 0 Å². The standard InChI is InChI=1S/C13H13F7N2O2/c1-2-5-21-7-3-4-8(9(23)6-7)22-10(24)11(14,15)12(16,17)13(18,19)20/h3-4,6,21,23H,2,5H2,1H3,(H,22,24). The summed E-state index contributed by atoms with van der Waals surface area (Å²) in [4.78, 5) is 11.2. The number of nitrogens with one attached hydrogen (secondary N) is 2. The van der Waals surface area contributed by atoms with Crippen LogP contribution >= 0.6 is 0 Å². The average molecular weight is 362 g/mol. The molecular formula is C13H13F7N2O2. The second-order valence-electron chi connectivity index (χ2n) is 4.76. The quantitative estimate of drug-likeness (QED) is 0.530. The van der Waals surface area contributed by atoms with Crippen LogP contribution < -0.4 is 10.6 Å². The third-order valence-corrected chi connectivity index (χ3v) is 2.86. The third-order valence-electron chi connectivity index (χ3n) is 2.86. The molecule has 136 valence electrons. The zero-order chi connectivity index (χ0) is 18.8. The lowest BCUT2D eigenvalue weighted by Gasteiger charge is -2.27. The van der Waals surface area contributed by atoms with Crippen LogP contribution in [-0.2, 0) is 4.79 Å². The van der Waals surface area contributed by atoms with E-state index in [0.29, 0.717) is 12.2 Å². The highest BCUT2D eigenvalue weighted by Gasteiger charge is 2.76. The zero-order valence-electron chi connectivity index (χ0n) is 12.1. The summed E-state index contributed by atoms with van der Waals surface area (Å²) in [5.74, 6) is -16.3. The summed E-state index contributed by atoms with van der Waals surface area (Å²) in [7, 11) is 0. The lowest BCUT2D eigenvalue weighted by molar-refractivity contribution is -0.343. The van der Waals surface area contributed by atoms with Gasteiger partial charge in [0.1, 0.15) is 5.75 Å². The Bertz CT molecular complexity index is 602. The number of anilines is 2. The molecule has 3 N–H and O–H groups in total. The van der Waals surface area contributed by atoms with E-state index in [-0.39, 0.29) is 0 Å². The lowest BCUT2D eigenvalue weighted by Crippen LogP contribution is -2.57. The lowest BCUT2D eigenvalue weighted by atomic mass is 10.1. The van der Waals surface area contributed by atoms with Gasteiger partial charge < -0.3 is 15.7 Å². The monoisotopic (exact) mass is 362 g/mol. The first kappa shape index (κ1) is 19.8. The van der Waals surface area contributed by atoms with Crippen molar-refractivity contribution in [3.63, 3.8) is 0 Å². The maximum Gasteiger partial charge on any atom is 0.460 e. The summed E-state index contributed by atoms with van der Waals surface area (Å²) in [5, 5.41) is 13.5. The molecule has 0 bridgehead atoms. The molecule has 11 heteroatoms. The van der Waals surface area contributed by atoms with E-state index in [4.69, 9.17) is 0 Å². The maximum atomic E-state index is 13.2. The molecule has 0 aliphatic carbocycles. The summed E-state index contributed by atoms with van der Waals surface area (Å²) < 4.78 is 87.9. The number of hydrogen-bond acceptors (Lipinski definition) is 3. The Balaban J connectivity index is 2.99. The number of carbonyl (C=O) groups excluding carboxylic acids is 1. The van der Waals surface area contributed by atoms with E-state index in [2.05, 4.69) is 5.32 Å². The first-order chi connectivity index (χ1) is 10.8. The van der Waals surface area contributed by atoms with E-state index in [1.165, 1.54) is 11.4 Å². The minimum Gasteiger partial charge on any atom is -0.506 e. The van der Waals surface area contributed by atoms with Gasteiger partial charge in [-0.2, -0.15) is 30.7 Å².